The molecule has 0 aromatic carbocycles. The molecular weight excluding hydrogens is 312 g/mol. The van der Waals surface area contributed by atoms with Crippen molar-refractivity contribution in [1.82, 2.24) is 0 Å². The summed E-state index contributed by atoms with van der Waals surface area (Å²) in [5.74, 6) is -0.269. The summed E-state index contributed by atoms with van der Waals surface area (Å²) in [5, 5.41) is 0. The zero-order chi connectivity index (χ0) is 18.5. The fourth-order valence-corrected chi connectivity index (χ4v) is 1.55. The minimum atomic E-state index is -0.657. The Balaban J connectivity index is 3.96. The fourth-order valence-electron chi connectivity index (χ4n) is 1.55. The van der Waals surface area contributed by atoms with E-state index in [1.165, 1.54) is 0 Å². The number of hydrogen-bond acceptors (Lipinski definition) is 6. The van der Waals surface area contributed by atoms with Gasteiger partial charge >= 0.3 is 11.9 Å². The smallest absolute Gasteiger partial charge is 0.333 e. The van der Waals surface area contributed by atoms with Crippen LogP contribution in [-0.2, 0) is 28.5 Å². The van der Waals surface area contributed by atoms with Crippen LogP contribution in [0, 0.1) is 11.8 Å². The quantitative estimate of drug-likeness (QED) is 0.307. The van der Waals surface area contributed by atoms with Crippen molar-refractivity contribution in [3.05, 3.63) is 12.2 Å². The highest BCUT2D eigenvalue weighted by Crippen LogP contribution is 2.04. The Morgan fingerprint density at radius 1 is 0.708 bits per heavy atom. The molecule has 2 unspecified atom stereocenters. The van der Waals surface area contributed by atoms with Crippen LogP contribution in [-0.4, -0.2) is 37.7 Å². The van der Waals surface area contributed by atoms with Crippen molar-refractivity contribution in [2.45, 2.75) is 67.0 Å². The van der Waals surface area contributed by atoms with E-state index in [1.54, 1.807) is 13.8 Å². The van der Waals surface area contributed by atoms with Crippen LogP contribution in [0.15, 0.2) is 12.2 Å². The Morgan fingerprint density at radius 3 is 1.33 bits per heavy atom. The molecule has 0 aliphatic rings. The lowest BCUT2D eigenvalue weighted by Gasteiger charge is -2.14. The van der Waals surface area contributed by atoms with Crippen molar-refractivity contribution in [3.63, 3.8) is 0 Å². The summed E-state index contributed by atoms with van der Waals surface area (Å²) >= 11 is 0. The maximum Gasteiger partial charge on any atom is 0.333 e. The molecule has 24 heavy (non-hydrogen) atoms. The highest BCUT2D eigenvalue weighted by Gasteiger charge is 2.10. The molecule has 0 saturated heterocycles. The Hall–Kier alpha value is -1.40. The van der Waals surface area contributed by atoms with E-state index in [-0.39, 0.29) is 0 Å². The molecule has 2 atom stereocenters. The van der Waals surface area contributed by atoms with Gasteiger partial charge < -0.3 is 18.9 Å². The molecule has 0 heterocycles. The summed E-state index contributed by atoms with van der Waals surface area (Å²) < 4.78 is 20.7. The Morgan fingerprint density at radius 2 is 1.04 bits per heavy atom. The lowest BCUT2D eigenvalue weighted by atomic mass is 10.1. The molecule has 0 aromatic heterocycles. The molecule has 0 N–H and O–H groups in total. The van der Waals surface area contributed by atoms with Gasteiger partial charge in [0.2, 0.25) is 0 Å². The molecular formula is C18H32O6. The molecule has 0 spiro atoms. The molecule has 0 rings (SSSR count). The minimum Gasteiger partial charge on any atom is -0.433 e. The number of rotatable bonds is 12. The third kappa shape index (κ3) is 14.2. The van der Waals surface area contributed by atoms with E-state index in [0.717, 1.165) is 25.0 Å². The largest absolute Gasteiger partial charge is 0.433 e. The molecule has 0 aromatic rings. The summed E-state index contributed by atoms with van der Waals surface area (Å²) in [7, 11) is 0. The van der Waals surface area contributed by atoms with Crippen molar-refractivity contribution in [2.75, 3.05) is 13.2 Å². The number of ether oxygens (including phenoxy) is 4. The number of hydrogen-bond donors (Lipinski definition) is 0. The van der Waals surface area contributed by atoms with E-state index in [4.69, 9.17) is 18.9 Å². The van der Waals surface area contributed by atoms with Crippen LogP contribution in [0.2, 0.25) is 0 Å². The topological polar surface area (TPSA) is 71.1 Å². The molecule has 0 aliphatic heterocycles. The standard InChI is InChI=1S/C18H32O6/c1-13(2)9-11-21-15(5)23-17(19)7-8-18(20)24-16(6)22-12-10-14(3)4/h7-8,13-16H,9-12H2,1-6H3/b8-7-. The van der Waals surface area contributed by atoms with Crippen molar-refractivity contribution in [3.8, 4) is 0 Å². The zero-order valence-corrected chi connectivity index (χ0v) is 15.7. The summed E-state index contributed by atoms with van der Waals surface area (Å²) in [6, 6.07) is 0. The molecule has 6 nitrogen and oxygen atoms in total. The van der Waals surface area contributed by atoms with Gasteiger partial charge in [-0.2, -0.15) is 0 Å². The average molecular weight is 344 g/mol. The van der Waals surface area contributed by atoms with Crippen molar-refractivity contribution < 1.29 is 28.5 Å². The normalized spacial score (nSPS) is 14.2. The highest BCUT2D eigenvalue weighted by atomic mass is 16.7. The van der Waals surface area contributed by atoms with Gasteiger partial charge in [0.25, 0.3) is 0 Å². The van der Waals surface area contributed by atoms with Crippen LogP contribution >= 0.6 is 0 Å². The fraction of sp³-hybridized carbons (Fsp3) is 0.778. The van der Waals surface area contributed by atoms with Gasteiger partial charge in [0, 0.05) is 12.2 Å². The molecule has 6 heteroatoms. The van der Waals surface area contributed by atoms with E-state index < -0.39 is 24.5 Å². The predicted octanol–water partition coefficient (Wildman–Crippen LogP) is 3.45. The van der Waals surface area contributed by atoms with Crippen molar-refractivity contribution in [2.24, 2.45) is 11.8 Å². The van der Waals surface area contributed by atoms with Gasteiger partial charge in [0.15, 0.2) is 12.6 Å². The lowest BCUT2D eigenvalue weighted by Crippen LogP contribution is -2.19. The van der Waals surface area contributed by atoms with Crippen molar-refractivity contribution in [1.29, 1.82) is 0 Å². The maximum absolute atomic E-state index is 11.6. The van der Waals surface area contributed by atoms with Gasteiger partial charge in [-0.3, -0.25) is 0 Å². The maximum atomic E-state index is 11.6. The first-order valence-electron chi connectivity index (χ1n) is 8.53. The third-order valence-electron chi connectivity index (χ3n) is 3.02. The van der Waals surface area contributed by atoms with Crippen LogP contribution in [0.3, 0.4) is 0 Å². The highest BCUT2D eigenvalue weighted by molar-refractivity contribution is 5.91. The van der Waals surface area contributed by atoms with Gasteiger partial charge in [0.1, 0.15) is 0 Å². The SMILES string of the molecule is CC(C)CCOC(C)OC(=O)/C=C\C(=O)OC(C)OCCC(C)C. The van der Waals surface area contributed by atoms with E-state index in [0.29, 0.717) is 25.0 Å². The number of carbonyl (C=O) groups is 2. The second-order valence-corrected chi connectivity index (χ2v) is 6.45. The summed E-state index contributed by atoms with van der Waals surface area (Å²) in [4.78, 5) is 23.1. The van der Waals surface area contributed by atoms with E-state index in [9.17, 15) is 9.59 Å². The molecule has 0 bridgehead atoms. The zero-order valence-electron chi connectivity index (χ0n) is 15.7. The van der Waals surface area contributed by atoms with Gasteiger partial charge in [-0.1, -0.05) is 27.7 Å². The van der Waals surface area contributed by atoms with Crippen LogP contribution in [0.5, 0.6) is 0 Å². The molecule has 0 amide bonds. The number of carbonyl (C=O) groups excluding carboxylic acids is 2. The molecule has 0 fully saturated rings. The first-order chi connectivity index (χ1) is 11.2. The van der Waals surface area contributed by atoms with E-state index in [1.807, 2.05) is 0 Å². The third-order valence-corrected chi connectivity index (χ3v) is 3.02. The first kappa shape index (κ1) is 22.6. The lowest BCUT2D eigenvalue weighted by molar-refractivity contribution is -0.172. The summed E-state index contributed by atoms with van der Waals surface area (Å²) in [6.07, 6.45) is 2.50. The monoisotopic (exact) mass is 344 g/mol. The second kappa shape index (κ2) is 13.0. The molecule has 0 saturated carbocycles. The van der Waals surface area contributed by atoms with E-state index >= 15 is 0 Å². The van der Waals surface area contributed by atoms with Gasteiger partial charge in [-0.05, 0) is 38.5 Å². The van der Waals surface area contributed by atoms with Gasteiger partial charge in [-0.25, -0.2) is 9.59 Å². The second-order valence-electron chi connectivity index (χ2n) is 6.45. The average Bonchev–Trinajstić information content (AvgIpc) is 2.44. The minimum absolute atomic E-state index is 0.517. The predicted molar refractivity (Wildman–Crippen MR) is 91.1 cm³/mol. The summed E-state index contributed by atoms with van der Waals surface area (Å²) in [6.45, 7) is 12.6. The van der Waals surface area contributed by atoms with Crippen LogP contribution in [0.1, 0.15) is 54.4 Å². The Kier molecular flexibility index (Phi) is 12.2. The summed E-state index contributed by atoms with van der Waals surface area (Å²) in [5.41, 5.74) is 0. The number of esters is 2. The van der Waals surface area contributed by atoms with Crippen LogP contribution in [0.4, 0.5) is 0 Å². The van der Waals surface area contributed by atoms with Gasteiger partial charge in [0.05, 0.1) is 13.2 Å². The molecule has 0 aliphatic carbocycles. The van der Waals surface area contributed by atoms with E-state index in [2.05, 4.69) is 27.7 Å². The van der Waals surface area contributed by atoms with Gasteiger partial charge in [-0.15, -0.1) is 0 Å². The van der Waals surface area contributed by atoms with Crippen LogP contribution < -0.4 is 0 Å². The Labute approximate surface area is 145 Å². The molecule has 0 radical (unpaired) electrons. The van der Waals surface area contributed by atoms with Crippen LogP contribution in [0.25, 0.3) is 0 Å². The first-order valence-corrected chi connectivity index (χ1v) is 8.53. The Bertz CT molecular complexity index is 353. The van der Waals surface area contributed by atoms with Crippen molar-refractivity contribution >= 4 is 11.9 Å². The molecule has 140 valence electrons.